The number of pyridine rings is 2. The van der Waals surface area contributed by atoms with Crippen molar-refractivity contribution in [2.45, 2.75) is 0 Å². The summed E-state index contributed by atoms with van der Waals surface area (Å²) in [7, 11) is 0. The van der Waals surface area contributed by atoms with E-state index in [1.54, 1.807) is 12.4 Å². The van der Waals surface area contributed by atoms with Gasteiger partial charge < -0.3 is 9.97 Å². The molecule has 0 spiro atoms. The summed E-state index contributed by atoms with van der Waals surface area (Å²) in [5, 5.41) is 0. The van der Waals surface area contributed by atoms with Crippen molar-refractivity contribution in [3.63, 3.8) is 0 Å². The van der Waals surface area contributed by atoms with Crippen LogP contribution in [0.2, 0.25) is 0 Å². The normalized spacial score (nSPS) is 10.8. The molecule has 0 N–H and O–H groups in total. The first kappa shape index (κ1) is 17.0. The fourth-order valence-electron chi connectivity index (χ4n) is 1.96. The molecule has 0 radical (unpaired) electrons. The molecule has 0 atom stereocenters. The van der Waals surface area contributed by atoms with E-state index in [0.29, 0.717) is 0 Å². The molecular weight excluding hydrogens is 463 g/mol. The quantitative estimate of drug-likeness (QED) is 0.527. The van der Waals surface area contributed by atoms with Crippen LogP contribution >= 0.6 is 0 Å². The predicted molar refractivity (Wildman–Crippen MR) is 88.5 cm³/mol. The van der Waals surface area contributed by atoms with E-state index in [4.69, 9.17) is 0 Å². The van der Waals surface area contributed by atoms with E-state index < -0.39 is 0 Å². The Bertz CT molecular complexity index is 713. The second-order valence-electron chi connectivity index (χ2n) is 4.63. The van der Waals surface area contributed by atoms with Crippen LogP contribution in [0.4, 0.5) is 0 Å². The number of aromatic nitrogens is 2. The van der Waals surface area contributed by atoms with Crippen molar-refractivity contribution in [1.82, 2.24) is 9.97 Å². The minimum absolute atomic E-state index is 0. The molecule has 1 aromatic carbocycles. The molecule has 2 aromatic heterocycles. The van der Waals surface area contributed by atoms with Gasteiger partial charge in [0.15, 0.2) is 0 Å². The van der Waals surface area contributed by atoms with Gasteiger partial charge in [0.05, 0.1) is 0 Å². The zero-order valence-electron chi connectivity index (χ0n) is 12.3. The maximum atomic E-state index is 4.26. The van der Waals surface area contributed by atoms with Crippen LogP contribution in [0, 0.1) is 12.2 Å². The summed E-state index contributed by atoms with van der Waals surface area (Å²) in [6.45, 7) is 0. The van der Waals surface area contributed by atoms with Crippen molar-refractivity contribution in [2.75, 3.05) is 0 Å². The van der Waals surface area contributed by atoms with Crippen LogP contribution in [0.5, 0.6) is 0 Å². The van der Waals surface area contributed by atoms with Gasteiger partial charge in [-0.05, 0) is 23.5 Å². The van der Waals surface area contributed by atoms with Gasteiger partial charge in [0.2, 0.25) is 0 Å². The Hall–Kier alpha value is -2.31. The molecule has 23 heavy (non-hydrogen) atoms. The smallest absolute Gasteiger partial charge is 0.305 e. The standard InChI is InChI=1S/C20H14N2.Pt/c1-2-8-18(12-14-20-10-4-6-16-22-20)17(7-1)11-13-19-9-3-5-15-21-19;/h1-10,13-16H;/q-2;+2. The summed E-state index contributed by atoms with van der Waals surface area (Å²) in [5.41, 5.74) is 3.71. The van der Waals surface area contributed by atoms with E-state index in [1.807, 2.05) is 72.8 Å². The van der Waals surface area contributed by atoms with Crippen LogP contribution in [0.3, 0.4) is 0 Å². The number of benzene rings is 1. The average molecular weight is 477 g/mol. The summed E-state index contributed by atoms with van der Waals surface area (Å²) in [4.78, 5) is 8.52. The second-order valence-corrected chi connectivity index (χ2v) is 4.63. The molecule has 0 aliphatic heterocycles. The monoisotopic (exact) mass is 477 g/mol. The third kappa shape index (κ3) is 5.12. The molecule has 0 aliphatic carbocycles. The molecule has 3 aromatic rings. The zero-order chi connectivity index (χ0) is 15.0. The molecule has 0 saturated heterocycles. The van der Waals surface area contributed by atoms with Gasteiger partial charge in [0, 0.05) is 12.4 Å². The molecule has 0 aliphatic rings. The molecule has 0 unspecified atom stereocenters. The second kappa shape index (κ2) is 8.97. The van der Waals surface area contributed by atoms with Gasteiger partial charge in [0.25, 0.3) is 0 Å². The average Bonchev–Trinajstić information content (AvgIpc) is 2.61. The number of hydrogen-bond donors (Lipinski definition) is 0. The van der Waals surface area contributed by atoms with Crippen molar-refractivity contribution in [3.8, 4) is 0 Å². The Labute approximate surface area is 150 Å². The summed E-state index contributed by atoms with van der Waals surface area (Å²) < 4.78 is 0. The molecule has 3 heteroatoms. The van der Waals surface area contributed by atoms with E-state index in [-0.39, 0.29) is 21.1 Å². The fourth-order valence-corrected chi connectivity index (χ4v) is 1.96. The Morgan fingerprint density at radius 1 is 0.609 bits per heavy atom. The van der Waals surface area contributed by atoms with E-state index in [1.165, 1.54) is 0 Å². The van der Waals surface area contributed by atoms with Crippen molar-refractivity contribution < 1.29 is 21.1 Å². The van der Waals surface area contributed by atoms with Crippen molar-refractivity contribution >= 4 is 12.2 Å². The van der Waals surface area contributed by atoms with Crippen LogP contribution in [-0.2, 0) is 21.1 Å². The van der Waals surface area contributed by atoms with Gasteiger partial charge in [-0.15, -0.1) is 24.3 Å². The minimum Gasteiger partial charge on any atom is -0.305 e. The van der Waals surface area contributed by atoms with Crippen LogP contribution in [0.25, 0.3) is 12.2 Å². The van der Waals surface area contributed by atoms with Gasteiger partial charge in [-0.3, -0.25) is 0 Å². The molecular formula is C20H14N2Pt. The van der Waals surface area contributed by atoms with Crippen molar-refractivity contribution in [1.29, 1.82) is 0 Å². The van der Waals surface area contributed by atoms with Gasteiger partial charge in [0.1, 0.15) is 0 Å². The molecule has 0 amide bonds. The Morgan fingerprint density at radius 2 is 1.04 bits per heavy atom. The van der Waals surface area contributed by atoms with Crippen molar-refractivity contribution in [3.05, 3.63) is 108 Å². The van der Waals surface area contributed by atoms with Crippen molar-refractivity contribution in [2.24, 2.45) is 0 Å². The Kier molecular flexibility index (Phi) is 6.65. The molecule has 114 valence electrons. The molecule has 0 fully saturated rings. The number of hydrogen-bond acceptors (Lipinski definition) is 2. The maximum absolute atomic E-state index is 4.26. The summed E-state index contributed by atoms with van der Waals surface area (Å²) in [6.07, 6.45) is 13.8. The van der Waals surface area contributed by atoms with Crippen LogP contribution in [0.1, 0.15) is 22.5 Å². The third-order valence-electron chi connectivity index (χ3n) is 3.05. The fraction of sp³-hybridized carbons (Fsp3) is 0. The number of nitrogens with zero attached hydrogens (tertiary/aromatic N) is 2. The van der Waals surface area contributed by atoms with Gasteiger partial charge in [-0.1, -0.05) is 24.3 Å². The minimum atomic E-state index is 0. The van der Waals surface area contributed by atoms with E-state index in [9.17, 15) is 0 Å². The first-order chi connectivity index (χ1) is 10.9. The maximum Gasteiger partial charge on any atom is 2.00 e. The summed E-state index contributed by atoms with van der Waals surface area (Å²) >= 11 is 0. The Balaban J connectivity index is 0.00000192. The first-order valence-corrected chi connectivity index (χ1v) is 7.02. The zero-order valence-corrected chi connectivity index (χ0v) is 14.6. The molecule has 2 nitrogen and oxygen atoms in total. The first-order valence-electron chi connectivity index (χ1n) is 7.02. The summed E-state index contributed by atoms with van der Waals surface area (Å²) in [6, 6.07) is 19.6. The Morgan fingerprint density at radius 3 is 1.43 bits per heavy atom. The van der Waals surface area contributed by atoms with E-state index >= 15 is 0 Å². The molecule has 0 saturated carbocycles. The molecule has 3 rings (SSSR count). The van der Waals surface area contributed by atoms with Gasteiger partial charge in [-0.25, -0.2) is 11.1 Å². The van der Waals surface area contributed by atoms with Crippen LogP contribution < -0.4 is 0 Å². The third-order valence-corrected chi connectivity index (χ3v) is 3.05. The van der Waals surface area contributed by atoms with Crippen LogP contribution in [0.15, 0.2) is 73.1 Å². The van der Waals surface area contributed by atoms with E-state index in [0.717, 1.165) is 22.5 Å². The summed E-state index contributed by atoms with van der Waals surface area (Å²) in [5.74, 6) is 0. The van der Waals surface area contributed by atoms with E-state index in [2.05, 4.69) is 22.1 Å². The number of rotatable bonds is 4. The van der Waals surface area contributed by atoms with Crippen LogP contribution in [-0.4, -0.2) is 9.97 Å². The molecule has 2 heterocycles. The predicted octanol–water partition coefficient (Wildman–Crippen LogP) is 4.20. The largest absolute Gasteiger partial charge is 2.00 e. The van der Waals surface area contributed by atoms with Gasteiger partial charge >= 0.3 is 21.1 Å². The topological polar surface area (TPSA) is 25.8 Å². The van der Waals surface area contributed by atoms with Gasteiger partial charge in [-0.2, -0.15) is 24.3 Å². The molecule has 0 bridgehead atoms. The SMILES string of the molecule is [C-](=Cc1ccccn1)c1ccccc1[C-]=Cc1ccccn1.[Pt+2].